The Morgan fingerprint density at radius 3 is 2.38 bits per heavy atom. The number of nitrogens with one attached hydrogen (secondary N) is 1. The lowest BCUT2D eigenvalue weighted by atomic mass is 9.82. The molecule has 16 heavy (non-hydrogen) atoms. The Balaban J connectivity index is 4.58. The second kappa shape index (κ2) is 7.66. The topological polar surface area (TPSA) is 49.3 Å². The molecule has 0 aliphatic rings. The molecule has 2 unspecified atom stereocenters. The molecule has 0 aromatic carbocycles. The van der Waals surface area contributed by atoms with Crippen molar-refractivity contribution in [1.29, 1.82) is 0 Å². The molecule has 0 fully saturated rings. The van der Waals surface area contributed by atoms with Crippen LogP contribution in [-0.2, 0) is 4.79 Å². The average molecular weight is 229 g/mol. The Kier molecular flexibility index (Phi) is 7.39. The van der Waals surface area contributed by atoms with Crippen LogP contribution in [0.1, 0.15) is 59.8 Å². The van der Waals surface area contributed by atoms with Crippen molar-refractivity contribution in [1.82, 2.24) is 5.32 Å². The molecule has 0 aliphatic carbocycles. The molecular formula is C13H27NO2. The van der Waals surface area contributed by atoms with E-state index < -0.39 is 5.97 Å². The Morgan fingerprint density at radius 2 is 2.00 bits per heavy atom. The minimum atomic E-state index is -0.700. The Labute approximate surface area is 99.6 Å². The summed E-state index contributed by atoms with van der Waals surface area (Å²) in [6, 6.07) is 0. The van der Waals surface area contributed by atoms with E-state index in [1.54, 1.807) is 0 Å². The van der Waals surface area contributed by atoms with Crippen LogP contribution in [0.3, 0.4) is 0 Å². The van der Waals surface area contributed by atoms with Gasteiger partial charge in [0.05, 0.1) is 6.42 Å². The summed E-state index contributed by atoms with van der Waals surface area (Å²) >= 11 is 0. The van der Waals surface area contributed by atoms with Gasteiger partial charge in [-0.25, -0.2) is 0 Å². The van der Waals surface area contributed by atoms with Gasteiger partial charge in [-0.15, -0.1) is 0 Å². The molecule has 96 valence electrons. The van der Waals surface area contributed by atoms with Crippen molar-refractivity contribution in [3.8, 4) is 0 Å². The molecule has 0 saturated carbocycles. The maximum atomic E-state index is 11.0. The van der Waals surface area contributed by atoms with Crippen molar-refractivity contribution in [2.75, 3.05) is 6.54 Å². The molecule has 0 radical (unpaired) electrons. The number of rotatable bonds is 9. The van der Waals surface area contributed by atoms with Gasteiger partial charge in [0.25, 0.3) is 0 Å². The summed E-state index contributed by atoms with van der Waals surface area (Å²) in [5.41, 5.74) is -0.211. The highest BCUT2D eigenvalue weighted by atomic mass is 16.4. The molecule has 0 aromatic heterocycles. The standard InChI is InChI=1S/C13H27NO2/c1-5-8-14-13(7-3,10-12(15)16)9-11(4)6-2/h11,14H,5-10H2,1-4H3,(H,15,16). The number of hydrogen-bond acceptors (Lipinski definition) is 2. The molecule has 0 saturated heterocycles. The summed E-state index contributed by atoms with van der Waals surface area (Å²) in [6.07, 6.45) is 4.21. The highest BCUT2D eigenvalue weighted by molar-refractivity contribution is 5.68. The molecule has 0 spiro atoms. The van der Waals surface area contributed by atoms with Crippen LogP contribution in [-0.4, -0.2) is 23.2 Å². The van der Waals surface area contributed by atoms with Crippen LogP contribution in [0.15, 0.2) is 0 Å². The third kappa shape index (κ3) is 5.50. The second-order valence-corrected chi connectivity index (χ2v) is 4.85. The van der Waals surface area contributed by atoms with Crippen molar-refractivity contribution in [3.63, 3.8) is 0 Å². The van der Waals surface area contributed by atoms with Crippen molar-refractivity contribution in [2.45, 2.75) is 65.3 Å². The fraction of sp³-hybridized carbons (Fsp3) is 0.923. The smallest absolute Gasteiger partial charge is 0.305 e. The lowest BCUT2D eigenvalue weighted by Crippen LogP contribution is -2.48. The zero-order valence-corrected chi connectivity index (χ0v) is 11.2. The highest BCUT2D eigenvalue weighted by Crippen LogP contribution is 2.26. The van der Waals surface area contributed by atoms with Gasteiger partial charge in [-0.2, -0.15) is 0 Å². The van der Waals surface area contributed by atoms with Gasteiger partial charge in [-0.05, 0) is 31.7 Å². The van der Waals surface area contributed by atoms with E-state index in [1.165, 1.54) is 0 Å². The monoisotopic (exact) mass is 229 g/mol. The summed E-state index contributed by atoms with van der Waals surface area (Å²) < 4.78 is 0. The molecule has 0 bridgehead atoms. The van der Waals surface area contributed by atoms with Gasteiger partial charge in [0.2, 0.25) is 0 Å². The largest absolute Gasteiger partial charge is 0.481 e. The van der Waals surface area contributed by atoms with Crippen LogP contribution in [0.4, 0.5) is 0 Å². The predicted octanol–water partition coefficient (Wildman–Crippen LogP) is 3.05. The van der Waals surface area contributed by atoms with Crippen molar-refractivity contribution in [2.24, 2.45) is 5.92 Å². The molecule has 3 nitrogen and oxygen atoms in total. The molecule has 0 amide bonds. The molecule has 2 atom stereocenters. The normalized spacial score (nSPS) is 16.8. The summed E-state index contributed by atoms with van der Waals surface area (Å²) in [7, 11) is 0. The van der Waals surface area contributed by atoms with E-state index in [1.807, 2.05) is 0 Å². The Bertz CT molecular complexity index is 206. The number of hydrogen-bond donors (Lipinski definition) is 2. The molecule has 0 heterocycles. The zero-order chi connectivity index (χ0) is 12.6. The van der Waals surface area contributed by atoms with E-state index in [0.717, 1.165) is 32.2 Å². The van der Waals surface area contributed by atoms with Gasteiger partial charge in [0, 0.05) is 5.54 Å². The van der Waals surface area contributed by atoms with E-state index >= 15 is 0 Å². The first kappa shape index (κ1) is 15.4. The fourth-order valence-electron chi connectivity index (χ4n) is 2.09. The van der Waals surface area contributed by atoms with E-state index in [0.29, 0.717) is 5.92 Å². The van der Waals surface area contributed by atoms with Gasteiger partial charge in [0.1, 0.15) is 0 Å². The number of aliphatic carboxylic acids is 1. The van der Waals surface area contributed by atoms with Gasteiger partial charge >= 0.3 is 5.97 Å². The third-order valence-corrected chi connectivity index (χ3v) is 3.35. The first-order valence-electron chi connectivity index (χ1n) is 6.46. The SMILES string of the molecule is CCCNC(CC)(CC(=O)O)CC(C)CC. The van der Waals surface area contributed by atoms with Gasteiger partial charge in [0.15, 0.2) is 0 Å². The first-order chi connectivity index (χ1) is 7.49. The van der Waals surface area contributed by atoms with E-state index in [2.05, 4.69) is 33.0 Å². The van der Waals surface area contributed by atoms with Gasteiger partial charge in [-0.1, -0.05) is 34.1 Å². The molecule has 2 N–H and O–H groups in total. The summed E-state index contributed by atoms with van der Waals surface area (Å²) in [5, 5.41) is 12.5. The quantitative estimate of drug-likeness (QED) is 0.639. The van der Waals surface area contributed by atoms with Gasteiger partial charge in [-0.3, -0.25) is 4.79 Å². The second-order valence-electron chi connectivity index (χ2n) is 4.85. The third-order valence-electron chi connectivity index (χ3n) is 3.35. The summed E-state index contributed by atoms with van der Waals surface area (Å²) in [5.74, 6) is -0.127. The van der Waals surface area contributed by atoms with Crippen LogP contribution in [0.25, 0.3) is 0 Å². The molecule has 3 heteroatoms. The lowest BCUT2D eigenvalue weighted by Gasteiger charge is -2.35. The molecule has 0 rings (SSSR count). The highest BCUT2D eigenvalue weighted by Gasteiger charge is 2.31. The maximum absolute atomic E-state index is 11.0. The zero-order valence-electron chi connectivity index (χ0n) is 11.2. The van der Waals surface area contributed by atoms with Crippen LogP contribution in [0.5, 0.6) is 0 Å². The summed E-state index contributed by atoms with van der Waals surface area (Å²) in [4.78, 5) is 11.0. The Morgan fingerprint density at radius 1 is 1.38 bits per heavy atom. The molecule has 0 aliphatic heterocycles. The fourth-order valence-corrected chi connectivity index (χ4v) is 2.09. The minimum absolute atomic E-state index is 0.211. The minimum Gasteiger partial charge on any atom is -0.481 e. The lowest BCUT2D eigenvalue weighted by molar-refractivity contribution is -0.139. The van der Waals surface area contributed by atoms with Crippen molar-refractivity contribution < 1.29 is 9.90 Å². The van der Waals surface area contributed by atoms with Crippen molar-refractivity contribution in [3.05, 3.63) is 0 Å². The number of carboxylic acids is 1. The number of carbonyl (C=O) groups is 1. The predicted molar refractivity (Wildman–Crippen MR) is 67.6 cm³/mol. The molecule has 0 aromatic rings. The first-order valence-corrected chi connectivity index (χ1v) is 6.46. The molecular weight excluding hydrogens is 202 g/mol. The van der Waals surface area contributed by atoms with E-state index in [4.69, 9.17) is 5.11 Å². The Hall–Kier alpha value is -0.570. The average Bonchev–Trinajstić information content (AvgIpc) is 2.25. The van der Waals surface area contributed by atoms with Crippen LogP contribution < -0.4 is 5.32 Å². The van der Waals surface area contributed by atoms with Crippen LogP contribution in [0.2, 0.25) is 0 Å². The van der Waals surface area contributed by atoms with E-state index in [-0.39, 0.29) is 12.0 Å². The van der Waals surface area contributed by atoms with Crippen LogP contribution >= 0.6 is 0 Å². The number of carboxylic acid groups (broad SMARTS) is 1. The maximum Gasteiger partial charge on any atom is 0.305 e. The van der Waals surface area contributed by atoms with E-state index in [9.17, 15) is 4.79 Å². The van der Waals surface area contributed by atoms with Crippen molar-refractivity contribution >= 4 is 5.97 Å². The van der Waals surface area contributed by atoms with Gasteiger partial charge < -0.3 is 10.4 Å². The van der Waals surface area contributed by atoms with Crippen LogP contribution in [0, 0.1) is 5.92 Å². The summed E-state index contributed by atoms with van der Waals surface area (Å²) in [6.45, 7) is 9.44.